The third-order valence-electron chi connectivity index (χ3n) is 4.86. The Morgan fingerprint density at radius 2 is 1.06 bits per heavy atom. The van der Waals surface area contributed by atoms with E-state index in [0.717, 1.165) is 51.1 Å². The minimum atomic E-state index is 0.880. The van der Waals surface area contributed by atoms with E-state index in [1.54, 1.807) is 0 Å². The SMILES string of the molecule is CC1=Nc2ccccc2N/C(C)=C/C(c2ccccc2)=Nc2ccccc2N/C(C)=C/1. The number of aliphatic imine (C=N–C) groups is 2. The van der Waals surface area contributed by atoms with Crippen molar-refractivity contribution in [3.05, 3.63) is 108 Å². The van der Waals surface area contributed by atoms with E-state index < -0.39 is 0 Å². The summed E-state index contributed by atoms with van der Waals surface area (Å²) in [6.07, 6.45) is 4.12. The standard InChI is InChI=1S/C27H26N4/c1-19-17-20(2)29-25-15-9-10-16-26(25)31-27(22-11-5-4-6-12-22)18-21(3)30-24-14-8-7-13-23(24)28-19/h4-18,29-30H,1-3H3/b20-17+,21-18+,28-19?,31-27?. The fourth-order valence-electron chi connectivity index (χ4n) is 3.51. The van der Waals surface area contributed by atoms with Crippen molar-refractivity contribution in [3.8, 4) is 0 Å². The Hall–Kier alpha value is -3.92. The van der Waals surface area contributed by atoms with Gasteiger partial charge in [-0.3, -0.25) is 4.99 Å². The molecule has 154 valence electrons. The number of nitrogens with zero attached hydrogens (tertiary/aromatic N) is 2. The van der Waals surface area contributed by atoms with E-state index in [4.69, 9.17) is 9.98 Å². The van der Waals surface area contributed by atoms with Gasteiger partial charge in [-0.2, -0.15) is 0 Å². The lowest BCUT2D eigenvalue weighted by atomic mass is 10.1. The van der Waals surface area contributed by atoms with Gasteiger partial charge in [0.1, 0.15) is 0 Å². The lowest BCUT2D eigenvalue weighted by Crippen LogP contribution is -2.04. The molecule has 4 nitrogen and oxygen atoms in total. The van der Waals surface area contributed by atoms with Crippen LogP contribution in [0.4, 0.5) is 22.7 Å². The normalized spacial score (nSPS) is 17.6. The van der Waals surface area contributed by atoms with Crippen molar-refractivity contribution in [1.82, 2.24) is 0 Å². The molecule has 3 aromatic carbocycles. The second-order valence-corrected chi connectivity index (χ2v) is 7.56. The van der Waals surface area contributed by atoms with Crippen molar-refractivity contribution in [2.75, 3.05) is 10.6 Å². The van der Waals surface area contributed by atoms with E-state index in [1.807, 2.05) is 93.6 Å². The summed E-state index contributed by atoms with van der Waals surface area (Å²) in [6, 6.07) is 26.4. The maximum absolute atomic E-state index is 5.04. The summed E-state index contributed by atoms with van der Waals surface area (Å²) in [5.74, 6) is 0. The molecule has 0 saturated heterocycles. The van der Waals surface area contributed by atoms with Gasteiger partial charge in [-0.25, -0.2) is 4.99 Å². The second kappa shape index (κ2) is 9.26. The van der Waals surface area contributed by atoms with E-state index in [9.17, 15) is 0 Å². The van der Waals surface area contributed by atoms with Crippen LogP contribution in [0.1, 0.15) is 26.3 Å². The third-order valence-corrected chi connectivity index (χ3v) is 4.86. The van der Waals surface area contributed by atoms with E-state index in [2.05, 4.69) is 28.8 Å². The van der Waals surface area contributed by atoms with Crippen molar-refractivity contribution < 1.29 is 0 Å². The molecule has 0 aromatic heterocycles. The van der Waals surface area contributed by atoms with Crippen molar-refractivity contribution in [3.63, 3.8) is 0 Å². The Balaban J connectivity index is 1.90. The topological polar surface area (TPSA) is 48.8 Å². The monoisotopic (exact) mass is 406 g/mol. The molecule has 0 radical (unpaired) electrons. The van der Waals surface area contributed by atoms with Crippen LogP contribution < -0.4 is 10.6 Å². The van der Waals surface area contributed by atoms with E-state index in [0.29, 0.717) is 0 Å². The molecule has 0 aliphatic carbocycles. The molecule has 0 unspecified atom stereocenters. The summed E-state index contributed by atoms with van der Waals surface area (Å²) in [6.45, 7) is 6.09. The van der Waals surface area contributed by atoms with Crippen molar-refractivity contribution in [1.29, 1.82) is 0 Å². The summed E-state index contributed by atoms with van der Waals surface area (Å²) in [7, 11) is 0. The number of fused-ring (bicyclic) bond motifs is 2. The van der Waals surface area contributed by atoms with Crippen LogP contribution in [0.15, 0.2) is 112 Å². The number of hydrogen-bond acceptors (Lipinski definition) is 4. The molecule has 0 fully saturated rings. The summed E-state index contributed by atoms with van der Waals surface area (Å²) in [5.41, 5.74) is 8.53. The maximum Gasteiger partial charge on any atom is 0.0871 e. The minimum Gasteiger partial charge on any atom is -0.357 e. The van der Waals surface area contributed by atoms with Gasteiger partial charge in [0.15, 0.2) is 0 Å². The Morgan fingerprint density at radius 1 is 0.548 bits per heavy atom. The van der Waals surface area contributed by atoms with Crippen LogP contribution in [0.3, 0.4) is 0 Å². The number of anilines is 2. The van der Waals surface area contributed by atoms with Crippen molar-refractivity contribution in [2.45, 2.75) is 20.8 Å². The smallest absolute Gasteiger partial charge is 0.0871 e. The number of hydrogen-bond donors (Lipinski definition) is 2. The van der Waals surface area contributed by atoms with Gasteiger partial charge < -0.3 is 10.6 Å². The first-order valence-corrected chi connectivity index (χ1v) is 10.4. The van der Waals surface area contributed by atoms with Crippen LogP contribution in [0.2, 0.25) is 0 Å². The van der Waals surface area contributed by atoms with Gasteiger partial charge in [0.05, 0.1) is 28.5 Å². The number of para-hydroxylation sites is 4. The van der Waals surface area contributed by atoms with Gasteiger partial charge in [0.2, 0.25) is 0 Å². The largest absolute Gasteiger partial charge is 0.357 e. The molecule has 0 amide bonds. The summed E-state index contributed by atoms with van der Waals surface area (Å²) in [4.78, 5) is 9.86. The van der Waals surface area contributed by atoms with Crippen molar-refractivity contribution >= 4 is 34.2 Å². The average Bonchev–Trinajstić information content (AvgIpc) is 2.76. The number of rotatable bonds is 1. The zero-order chi connectivity index (χ0) is 21.6. The van der Waals surface area contributed by atoms with Crippen LogP contribution in [-0.4, -0.2) is 11.4 Å². The Bertz CT molecular complexity index is 1200. The number of nitrogens with one attached hydrogen (secondary N) is 2. The van der Waals surface area contributed by atoms with Gasteiger partial charge in [-0.15, -0.1) is 0 Å². The Labute approximate surface area is 183 Å². The van der Waals surface area contributed by atoms with Gasteiger partial charge in [-0.1, -0.05) is 54.6 Å². The molecule has 2 N–H and O–H groups in total. The van der Waals surface area contributed by atoms with Gasteiger partial charge in [0.25, 0.3) is 0 Å². The molecule has 0 saturated carbocycles. The second-order valence-electron chi connectivity index (χ2n) is 7.56. The highest BCUT2D eigenvalue weighted by Crippen LogP contribution is 2.29. The lowest BCUT2D eigenvalue weighted by Gasteiger charge is -2.14. The van der Waals surface area contributed by atoms with Crippen LogP contribution in [0.25, 0.3) is 0 Å². The van der Waals surface area contributed by atoms with E-state index in [-0.39, 0.29) is 0 Å². The Kier molecular flexibility index (Phi) is 6.08. The van der Waals surface area contributed by atoms with Crippen molar-refractivity contribution in [2.24, 2.45) is 9.98 Å². The molecule has 0 spiro atoms. The zero-order valence-corrected chi connectivity index (χ0v) is 18.1. The summed E-state index contributed by atoms with van der Waals surface area (Å²) in [5, 5.41) is 7.00. The van der Waals surface area contributed by atoms with Gasteiger partial charge in [0, 0.05) is 22.7 Å². The van der Waals surface area contributed by atoms with E-state index >= 15 is 0 Å². The third kappa shape index (κ3) is 5.17. The van der Waals surface area contributed by atoms with Gasteiger partial charge in [-0.05, 0) is 57.2 Å². The van der Waals surface area contributed by atoms with Crippen LogP contribution >= 0.6 is 0 Å². The number of allylic oxidation sites excluding steroid dienone is 4. The molecule has 1 aliphatic rings. The molecule has 0 atom stereocenters. The highest BCUT2D eigenvalue weighted by molar-refractivity contribution is 6.11. The Morgan fingerprint density at radius 3 is 1.71 bits per heavy atom. The molecule has 4 heteroatoms. The first kappa shape index (κ1) is 20.4. The molecule has 1 aliphatic heterocycles. The van der Waals surface area contributed by atoms with Gasteiger partial charge >= 0.3 is 0 Å². The zero-order valence-electron chi connectivity index (χ0n) is 18.1. The molecular formula is C27H26N4. The molecule has 0 bridgehead atoms. The van der Waals surface area contributed by atoms with Crippen LogP contribution in [0, 0.1) is 0 Å². The van der Waals surface area contributed by atoms with E-state index in [1.165, 1.54) is 0 Å². The molecule has 1 heterocycles. The first-order valence-electron chi connectivity index (χ1n) is 10.4. The fourth-order valence-corrected chi connectivity index (χ4v) is 3.51. The van der Waals surface area contributed by atoms with Crippen LogP contribution in [-0.2, 0) is 0 Å². The summed E-state index contributed by atoms with van der Waals surface area (Å²) >= 11 is 0. The minimum absolute atomic E-state index is 0.880. The predicted octanol–water partition coefficient (Wildman–Crippen LogP) is 7.25. The highest BCUT2D eigenvalue weighted by atomic mass is 14.9. The first-order chi connectivity index (χ1) is 15.1. The highest BCUT2D eigenvalue weighted by Gasteiger charge is 2.08. The predicted molar refractivity (Wildman–Crippen MR) is 133 cm³/mol. The quantitative estimate of drug-likeness (QED) is 0.447. The maximum atomic E-state index is 5.04. The molecule has 3 aromatic rings. The molecular weight excluding hydrogens is 380 g/mol. The summed E-state index contributed by atoms with van der Waals surface area (Å²) < 4.78 is 0. The van der Waals surface area contributed by atoms with Crippen LogP contribution in [0.5, 0.6) is 0 Å². The lowest BCUT2D eigenvalue weighted by molar-refractivity contribution is 1.34. The number of benzene rings is 3. The fraction of sp³-hybridized carbons (Fsp3) is 0.111. The molecule has 31 heavy (non-hydrogen) atoms. The average molecular weight is 407 g/mol. The molecule has 4 rings (SSSR count).